The number of pyridine rings is 1. The minimum atomic E-state index is -0.247. The van der Waals surface area contributed by atoms with Gasteiger partial charge in [-0.15, -0.1) is 0 Å². The number of nitrogens with zero attached hydrogens (tertiary/aromatic N) is 1. The van der Waals surface area contributed by atoms with E-state index >= 15 is 0 Å². The van der Waals surface area contributed by atoms with Crippen molar-refractivity contribution in [3.05, 3.63) is 95.6 Å². The van der Waals surface area contributed by atoms with Gasteiger partial charge in [0.25, 0.3) is 0 Å². The lowest BCUT2D eigenvalue weighted by atomic mass is 9.93. The van der Waals surface area contributed by atoms with Crippen molar-refractivity contribution in [3.63, 3.8) is 0 Å². The van der Waals surface area contributed by atoms with Crippen LogP contribution in [-0.4, -0.2) is 4.98 Å². The van der Waals surface area contributed by atoms with Crippen LogP contribution < -0.4 is 4.74 Å². The maximum absolute atomic E-state index is 14.9. The molecule has 0 bridgehead atoms. The van der Waals surface area contributed by atoms with Crippen LogP contribution in [0.3, 0.4) is 0 Å². The average Bonchev–Trinajstić information content (AvgIpc) is 3.55. The summed E-state index contributed by atoms with van der Waals surface area (Å²) in [6.45, 7) is 0. The average molecular weight is 395 g/mol. The van der Waals surface area contributed by atoms with Crippen LogP contribution in [0.25, 0.3) is 21.9 Å². The van der Waals surface area contributed by atoms with Gasteiger partial charge in [-0.05, 0) is 83.5 Å². The Bertz CT molecular complexity index is 1240. The minimum Gasteiger partial charge on any atom is -0.486 e. The lowest BCUT2D eigenvalue weighted by Crippen LogP contribution is -2.06. The van der Waals surface area contributed by atoms with Crippen LogP contribution in [0, 0.1) is 5.82 Å². The zero-order chi connectivity index (χ0) is 20.1. The Morgan fingerprint density at radius 2 is 1.73 bits per heavy atom. The number of aromatic nitrogens is 1. The maximum atomic E-state index is 14.9. The SMILES string of the molecule is Fc1ccc(-c2cccc3cnccc23)c2c1C(Oc1ccc(C3CC3)cc1)CC2. The van der Waals surface area contributed by atoms with Crippen LogP contribution >= 0.6 is 0 Å². The first-order valence-corrected chi connectivity index (χ1v) is 10.7. The van der Waals surface area contributed by atoms with Crippen LogP contribution in [0.4, 0.5) is 4.39 Å². The van der Waals surface area contributed by atoms with E-state index in [4.69, 9.17) is 4.74 Å². The van der Waals surface area contributed by atoms with Crippen LogP contribution in [-0.2, 0) is 6.42 Å². The van der Waals surface area contributed by atoms with Gasteiger partial charge in [0.05, 0.1) is 0 Å². The molecule has 0 radical (unpaired) electrons. The first kappa shape index (κ1) is 17.6. The Labute approximate surface area is 175 Å². The lowest BCUT2D eigenvalue weighted by Gasteiger charge is -2.17. The third-order valence-electron chi connectivity index (χ3n) is 6.46. The van der Waals surface area contributed by atoms with E-state index in [9.17, 15) is 4.39 Å². The Kier molecular flexibility index (Phi) is 4.08. The van der Waals surface area contributed by atoms with E-state index in [1.165, 1.54) is 18.4 Å². The van der Waals surface area contributed by atoms with Crippen molar-refractivity contribution >= 4 is 10.8 Å². The Morgan fingerprint density at radius 1 is 0.867 bits per heavy atom. The van der Waals surface area contributed by atoms with Gasteiger partial charge >= 0.3 is 0 Å². The highest BCUT2D eigenvalue weighted by atomic mass is 19.1. The van der Waals surface area contributed by atoms with Gasteiger partial charge in [0.15, 0.2) is 0 Å². The van der Waals surface area contributed by atoms with Gasteiger partial charge in [0.2, 0.25) is 0 Å². The predicted molar refractivity (Wildman–Crippen MR) is 117 cm³/mol. The molecule has 0 amide bonds. The molecular weight excluding hydrogens is 373 g/mol. The smallest absolute Gasteiger partial charge is 0.130 e. The molecule has 1 heterocycles. The molecule has 2 aliphatic carbocycles. The number of hydrogen-bond donors (Lipinski definition) is 0. The van der Waals surface area contributed by atoms with Gasteiger partial charge in [-0.1, -0.05) is 36.4 Å². The molecule has 2 nitrogen and oxygen atoms in total. The summed E-state index contributed by atoms with van der Waals surface area (Å²) >= 11 is 0. The number of fused-ring (bicyclic) bond motifs is 2. The summed E-state index contributed by atoms with van der Waals surface area (Å²) in [5.74, 6) is 1.37. The summed E-state index contributed by atoms with van der Waals surface area (Å²) in [6.07, 6.45) is 7.62. The van der Waals surface area contributed by atoms with E-state index in [2.05, 4.69) is 29.2 Å². The van der Waals surface area contributed by atoms with Gasteiger partial charge in [0.1, 0.15) is 17.7 Å². The summed E-state index contributed by atoms with van der Waals surface area (Å²) in [7, 11) is 0. The molecule has 3 aromatic carbocycles. The van der Waals surface area contributed by atoms with Crippen LogP contribution in [0.1, 0.15) is 48.0 Å². The molecule has 1 fully saturated rings. The van der Waals surface area contributed by atoms with Gasteiger partial charge in [-0.25, -0.2) is 4.39 Å². The second-order valence-corrected chi connectivity index (χ2v) is 8.38. The molecule has 3 heteroatoms. The molecule has 1 aromatic heterocycles. The number of benzene rings is 3. The van der Waals surface area contributed by atoms with Crippen molar-refractivity contribution in [1.82, 2.24) is 4.98 Å². The van der Waals surface area contributed by atoms with Crippen molar-refractivity contribution < 1.29 is 9.13 Å². The first-order chi connectivity index (χ1) is 14.8. The molecule has 6 rings (SSSR count). The van der Waals surface area contributed by atoms with Gasteiger partial charge in [0, 0.05) is 23.3 Å². The summed E-state index contributed by atoms with van der Waals surface area (Å²) in [6, 6.07) is 20.1. The fraction of sp³-hybridized carbons (Fsp3) is 0.222. The summed E-state index contributed by atoms with van der Waals surface area (Å²) in [4.78, 5) is 4.23. The van der Waals surface area contributed by atoms with Crippen molar-refractivity contribution in [2.45, 2.75) is 37.7 Å². The highest BCUT2D eigenvalue weighted by Gasteiger charge is 2.30. The highest BCUT2D eigenvalue weighted by molar-refractivity contribution is 5.97. The Morgan fingerprint density at radius 3 is 2.57 bits per heavy atom. The number of halogens is 1. The van der Waals surface area contributed by atoms with Crippen molar-refractivity contribution in [3.8, 4) is 16.9 Å². The van der Waals surface area contributed by atoms with Crippen LogP contribution in [0.2, 0.25) is 0 Å². The number of ether oxygens (including phenoxy) is 1. The minimum absolute atomic E-state index is 0.173. The van der Waals surface area contributed by atoms with Crippen molar-refractivity contribution in [2.24, 2.45) is 0 Å². The van der Waals surface area contributed by atoms with Crippen LogP contribution in [0.15, 0.2) is 73.1 Å². The Balaban J connectivity index is 1.38. The topological polar surface area (TPSA) is 22.1 Å². The molecule has 1 atom stereocenters. The summed E-state index contributed by atoms with van der Waals surface area (Å²) < 4.78 is 21.2. The standard InChI is InChI=1S/C27H22FNO/c28-25-12-10-23(22-3-1-2-19-16-29-15-14-21(19)22)24-11-13-26(27(24)25)30-20-8-6-18(7-9-20)17-4-5-17/h1-3,6-10,12,14-17,26H,4-5,11,13H2. The normalized spacial score (nSPS) is 17.8. The van der Waals surface area contributed by atoms with Gasteiger partial charge < -0.3 is 4.74 Å². The lowest BCUT2D eigenvalue weighted by molar-refractivity contribution is 0.203. The quantitative estimate of drug-likeness (QED) is 0.372. The molecule has 0 spiro atoms. The molecule has 2 aliphatic rings. The van der Waals surface area contributed by atoms with E-state index in [1.54, 1.807) is 6.07 Å². The molecule has 30 heavy (non-hydrogen) atoms. The fourth-order valence-electron chi connectivity index (χ4n) is 4.80. The second kappa shape index (κ2) is 6.94. The van der Waals surface area contributed by atoms with Gasteiger partial charge in [-0.3, -0.25) is 4.98 Å². The maximum Gasteiger partial charge on any atom is 0.130 e. The van der Waals surface area contributed by atoms with Crippen molar-refractivity contribution in [2.75, 3.05) is 0 Å². The zero-order valence-electron chi connectivity index (χ0n) is 16.6. The molecule has 0 N–H and O–H groups in total. The van der Waals surface area contributed by atoms with E-state index in [-0.39, 0.29) is 11.9 Å². The second-order valence-electron chi connectivity index (χ2n) is 8.38. The van der Waals surface area contributed by atoms with E-state index in [0.29, 0.717) is 5.56 Å². The third-order valence-corrected chi connectivity index (χ3v) is 6.46. The molecule has 0 saturated heterocycles. The third kappa shape index (κ3) is 2.97. The largest absolute Gasteiger partial charge is 0.486 e. The summed E-state index contributed by atoms with van der Waals surface area (Å²) in [5, 5.41) is 2.23. The Hall–Kier alpha value is -3.20. The number of hydrogen-bond acceptors (Lipinski definition) is 2. The van der Waals surface area contributed by atoms with E-state index in [1.807, 2.05) is 42.7 Å². The molecule has 148 valence electrons. The fourth-order valence-corrected chi connectivity index (χ4v) is 4.80. The monoisotopic (exact) mass is 395 g/mol. The number of rotatable bonds is 4. The van der Waals surface area contributed by atoms with Crippen LogP contribution in [0.5, 0.6) is 5.75 Å². The molecule has 0 aliphatic heterocycles. The van der Waals surface area contributed by atoms with E-state index in [0.717, 1.165) is 52.0 Å². The predicted octanol–water partition coefficient (Wildman–Crippen LogP) is 6.98. The highest BCUT2D eigenvalue weighted by Crippen LogP contribution is 2.44. The molecular formula is C27H22FNO. The van der Waals surface area contributed by atoms with Gasteiger partial charge in [-0.2, -0.15) is 0 Å². The van der Waals surface area contributed by atoms with E-state index < -0.39 is 0 Å². The van der Waals surface area contributed by atoms with Crippen molar-refractivity contribution in [1.29, 1.82) is 0 Å². The molecule has 1 unspecified atom stereocenters. The first-order valence-electron chi connectivity index (χ1n) is 10.7. The molecule has 4 aromatic rings. The zero-order valence-corrected chi connectivity index (χ0v) is 16.6. The summed E-state index contributed by atoms with van der Waals surface area (Å²) in [5.41, 5.74) is 5.38. The molecule has 1 saturated carbocycles.